The number of ether oxygens (including phenoxy) is 1. The molecular weight excluding hydrogens is 322 g/mol. The molecule has 25 heavy (non-hydrogen) atoms. The number of imide groups is 1. The molecule has 2 fully saturated rings. The Hall–Kier alpha value is -2.41. The average molecular weight is 345 g/mol. The van der Waals surface area contributed by atoms with E-state index in [1.165, 1.54) is 10.5 Å². The molecule has 2 aliphatic rings. The van der Waals surface area contributed by atoms with Gasteiger partial charge in [-0.2, -0.15) is 0 Å². The molecule has 7 heteroatoms. The SMILES string of the molecule is O=C(NCCc1ccccc1)N1CCC(N2C(=O)COCC2=O)CC1. The summed E-state index contributed by atoms with van der Waals surface area (Å²) in [6.07, 6.45) is 2.02. The fraction of sp³-hybridized carbons (Fsp3) is 0.500. The lowest BCUT2D eigenvalue weighted by molar-refractivity contribution is -0.162. The minimum atomic E-state index is -0.276. The first-order chi connectivity index (χ1) is 12.1. The lowest BCUT2D eigenvalue weighted by Crippen LogP contribution is -2.56. The number of morpholine rings is 1. The number of carbonyl (C=O) groups excluding carboxylic acids is 3. The van der Waals surface area contributed by atoms with Crippen LogP contribution in [0.5, 0.6) is 0 Å². The highest BCUT2D eigenvalue weighted by molar-refractivity contribution is 5.98. The molecule has 0 aromatic heterocycles. The van der Waals surface area contributed by atoms with Gasteiger partial charge in [-0.15, -0.1) is 0 Å². The fourth-order valence-corrected chi connectivity index (χ4v) is 3.31. The van der Waals surface area contributed by atoms with Crippen LogP contribution >= 0.6 is 0 Å². The second kappa shape index (κ2) is 8.11. The van der Waals surface area contributed by atoms with Gasteiger partial charge in [-0.1, -0.05) is 30.3 Å². The molecule has 0 radical (unpaired) electrons. The van der Waals surface area contributed by atoms with Crippen molar-refractivity contribution in [3.8, 4) is 0 Å². The first-order valence-corrected chi connectivity index (χ1v) is 8.64. The Morgan fingerprint density at radius 2 is 1.72 bits per heavy atom. The summed E-state index contributed by atoms with van der Waals surface area (Å²) in [6.45, 7) is 1.60. The summed E-state index contributed by atoms with van der Waals surface area (Å²) >= 11 is 0. The Bertz CT molecular complexity index is 610. The van der Waals surface area contributed by atoms with Crippen LogP contribution in [0.25, 0.3) is 0 Å². The smallest absolute Gasteiger partial charge is 0.317 e. The third kappa shape index (κ3) is 4.36. The van der Waals surface area contributed by atoms with Gasteiger partial charge in [0.25, 0.3) is 11.8 Å². The Morgan fingerprint density at radius 1 is 1.08 bits per heavy atom. The van der Waals surface area contributed by atoms with E-state index in [-0.39, 0.29) is 37.1 Å². The molecular formula is C18H23N3O4. The summed E-state index contributed by atoms with van der Waals surface area (Å²) in [6, 6.07) is 9.79. The van der Waals surface area contributed by atoms with Crippen LogP contribution in [0.1, 0.15) is 18.4 Å². The molecule has 1 aromatic carbocycles. The third-order valence-electron chi connectivity index (χ3n) is 4.64. The number of rotatable bonds is 4. The molecule has 0 saturated carbocycles. The zero-order valence-corrected chi connectivity index (χ0v) is 14.1. The van der Waals surface area contributed by atoms with Gasteiger partial charge in [0.15, 0.2) is 0 Å². The molecule has 0 aliphatic carbocycles. The third-order valence-corrected chi connectivity index (χ3v) is 4.64. The van der Waals surface area contributed by atoms with Crippen LogP contribution in [0.3, 0.4) is 0 Å². The molecule has 0 bridgehead atoms. The standard InChI is InChI=1S/C18H23N3O4/c22-16-12-25-13-17(23)21(16)15-7-10-20(11-8-15)18(24)19-9-6-14-4-2-1-3-5-14/h1-5,15H,6-13H2,(H,19,24). The number of benzene rings is 1. The molecule has 2 aliphatic heterocycles. The van der Waals surface area contributed by atoms with Gasteiger partial charge >= 0.3 is 6.03 Å². The Balaban J connectivity index is 1.43. The number of piperidine rings is 1. The highest BCUT2D eigenvalue weighted by Crippen LogP contribution is 2.19. The summed E-state index contributed by atoms with van der Waals surface area (Å²) in [4.78, 5) is 39.1. The van der Waals surface area contributed by atoms with Gasteiger partial charge in [0.1, 0.15) is 13.2 Å². The fourth-order valence-electron chi connectivity index (χ4n) is 3.31. The van der Waals surface area contributed by atoms with Crippen molar-refractivity contribution in [2.45, 2.75) is 25.3 Å². The van der Waals surface area contributed by atoms with Crippen molar-refractivity contribution >= 4 is 17.8 Å². The van der Waals surface area contributed by atoms with Crippen LogP contribution in [0, 0.1) is 0 Å². The number of hydrogen-bond acceptors (Lipinski definition) is 4. The van der Waals surface area contributed by atoms with Gasteiger partial charge in [0, 0.05) is 25.7 Å². The van der Waals surface area contributed by atoms with Crippen LogP contribution < -0.4 is 5.32 Å². The van der Waals surface area contributed by atoms with E-state index < -0.39 is 0 Å². The maximum Gasteiger partial charge on any atom is 0.317 e. The zero-order chi connectivity index (χ0) is 17.6. The van der Waals surface area contributed by atoms with Crippen LogP contribution in [0.4, 0.5) is 4.79 Å². The first-order valence-electron chi connectivity index (χ1n) is 8.64. The van der Waals surface area contributed by atoms with E-state index in [1.807, 2.05) is 30.3 Å². The van der Waals surface area contributed by atoms with Crippen molar-refractivity contribution in [2.24, 2.45) is 0 Å². The highest BCUT2D eigenvalue weighted by Gasteiger charge is 2.35. The van der Waals surface area contributed by atoms with Crippen molar-refractivity contribution in [1.82, 2.24) is 15.1 Å². The quantitative estimate of drug-likeness (QED) is 0.819. The minimum Gasteiger partial charge on any atom is -0.362 e. The van der Waals surface area contributed by atoms with Crippen molar-refractivity contribution < 1.29 is 19.1 Å². The highest BCUT2D eigenvalue weighted by atomic mass is 16.5. The van der Waals surface area contributed by atoms with Gasteiger partial charge in [0.2, 0.25) is 0 Å². The number of carbonyl (C=O) groups is 3. The molecule has 7 nitrogen and oxygen atoms in total. The van der Waals surface area contributed by atoms with E-state index in [0.29, 0.717) is 32.5 Å². The summed E-state index contributed by atoms with van der Waals surface area (Å²) in [5, 5.41) is 2.93. The molecule has 134 valence electrons. The number of nitrogens with zero attached hydrogens (tertiary/aromatic N) is 2. The largest absolute Gasteiger partial charge is 0.362 e. The predicted molar refractivity (Wildman–Crippen MR) is 90.8 cm³/mol. The van der Waals surface area contributed by atoms with Gasteiger partial charge < -0.3 is 15.0 Å². The molecule has 1 N–H and O–H groups in total. The van der Waals surface area contributed by atoms with Crippen molar-refractivity contribution in [2.75, 3.05) is 32.8 Å². The molecule has 0 atom stereocenters. The number of hydrogen-bond donors (Lipinski definition) is 1. The van der Waals surface area contributed by atoms with Gasteiger partial charge in [-0.25, -0.2) is 4.79 Å². The molecule has 2 saturated heterocycles. The van der Waals surface area contributed by atoms with Crippen molar-refractivity contribution in [3.63, 3.8) is 0 Å². The monoisotopic (exact) mass is 345 g/mol. The topological polar surface area (TPSA) is 79.0 Å². The maximum atomic E-state index is 12.2. The van der Waals surface area contributed by atoms with Gasteiger partial charge in [-0.3, -0.25) is 14.5 Å². The summed E-state index contributed by atoms with van der Waals surface area (Å²) in [5.41, 5.74) is 1.19. The Morgan fingerprint density at radius 3 is 2.36 bits per heavy atom. The van der Waals surface area contributed by atoms with Crippen LogP contribution in [0.15, 0.2) is 30.3 Å². The molecule has 0 unspecified atom stereocenters. The maximum absolute atomic E-state index is 12.2. The molecule has 2 heterocycles. The number of urea groups is 1. The Labute approximate surface area is 146 Å². The Kier molecular flexibility index (Phi) is 5.65. The second-order valence-corrected chi connectivity index (χ2v) is 6.34. The van der Waals surface area contributed by atoms with Crippen molar-refractivity contribution in [3.05, 3.63) is 35.9 Å². The lowest BCUT2D eigenvalue weighted by Gasteiger charge is -2.38. The summed E-state index contributed by atoms with van der Waals surface area (Å²) < 4.78 is 4.94. The zero-order valence-electron chi connectivity index (χ0n) is 14.1. The van der Waals surface area contributed by atoms with E-state index in [9.17, 15) is 14.4 Å². The molecule has 1 aromatic rings. The van der Waals surface area contributed by atoms with Gasteiger partial charge in [0.05, 0.1) is 0 Å². The number of amides is 4. The normalized spacial score (nSPS) is 19.2. The summed E-state index contributed by atoms with van der Waals surface area (Å²) in [7, 11) is 0. The molecule has 0 spiro atoms. The lowest BCUT2D eigenvalue weighted by atomic mass is 10.0. The van der Waals surface area contributed by atoms with Crippen LogP contribution in [-0.2, 0) is 20.7 Å². The summed E-state index contributed by atoms with van der Waals surface area (Å²) in [5.74, 6) is -0.552. The van der Waals surface area contributed by atoms with E-state index in [0.717, 1.165) is 6.42 Å². The van der Waals surface area contributed by atoms with Gasteiger partial charge in [-0.05, 0) is 24.8 Å². The average Bonchev–Trinajstić information content (AvgIpc) is 2.63. The second-order valence-electron chi connectivity index (χ2n) is 6.34. The first kappa shape index (κ1) is 17.4. The van der Waals surface area contributed by atoms with E-state index >= 15 is 0 Å². The van der Waals surface area contributed by atoms with Crippen LogP contribution in [-0.4, -0.2) is 66.5 Å². The predicted octanol–water partition coefficient (Wildman–Crippen LogP) is 0.788. The molecule has 3 rings (SSSR count). The van der Waals surface area contributed by atoms with Crippen molar-refractivity contribution in [1.29, 1.82) is 0 Å². The van der Waals surface area contributed by atoms with E-state index in [1.54, 1.807) is 4.90 Å². The number of nitrogens with one attached hydrogen (secondary N) is 1. The van der Waals surface area contributed by atoms with E-state index in [2.05, 4.69) is 5.32 Å². The van der Waals surface area contributed by atoms with E-state index in [4.69, 9.17) is 4.74 Å². The molecule has 4 amide bonds. The van der Waals surface area contributed by atoms with Crippen LogP contribution in [0.2, 0.25) is 0 Å². The minimum absolute atomic E-state index is 0.0358. The number of likely N-dealkylation sites (tertiary alicyclic amines) is 1.